The van der Waals surface area contributed by atoms with Gasteiger partial charge >= 0.3 is 0 Å². The summed E-state index contributed by atoms with van der Waals surface area (Å²) in [6.45, 7) is 0.210. The fourth-order valence-electron chi connectivity index (χ4n) is 2.10. The van der Waals surface area contributed by atoms with Gasteiger partial charge in [0.05, 0.1) is 16.3 Å². The van der Waals surface area contributed by atoms with Gasteiger partial charge in [-0.3, -0.25) is 0 Å². The van der Waals surface area contributed by atoms with Gasteiger partial charge in [0.1, 0.15) is 5.01 Å². The Hall–Kier alpha value is -1.75. The Kier molecular flexibility index (Phi) is 3.29. The van der Waals surface area contributed by atoms with Crippen molar-refractivity contribution in [2.24, 2.45) is 5.73 Å². The standard InChI is InChI=1S/C15H14N2OS/c16-9-13(18)10-5-1-2-6-11(10)15-17-12-7-3-4-8-14(12)19-15/h1-8,13,18H,9,16H2. The summed E-state index contributed by atoms with van der Waals surface area (Å²) in [5.41, 5.74) is 8.34. The van der Waals surface area contributed by atoms with E-state index in [1.165, 1.54) is 0 Å². The second kappa shape index (κ2) is 5.09. The predicted molar refractivity (Wildman–Crippen MR) is 79.1 cm³/mol. The van der Waals surface area contributed by atoms with E-state index in [0.717, 1.165) is 26.4 Å². The second-order valence-corrected chi connectivity index (χ2v) is 5.36. The lowest BCUT2D eigenvalue weighted by Gasteiger charge is -2.11. The van der Waals surface area contributed by atoms with Gasteiger partial charge in [-0.05, 0) is 17.7 Å². The SMILES string of the molecule is NCC(O)c1ccccc1-c1nc2ccccc2s1. The number of rotatable bonds is 3. The first kappa shape index (κ1) is 12.3. The third kappa shape index (κ3) is 2.26. The first-order chi connectivity index (χ1) is 9.29. The summed E-state index contributed by atoms with van der Waals surface area (Å²) in [6.07, 6.45) is -0.650. The van der Waals surface area contributed by atoms with E-state index in [2.05, 4.69) is 11.1 Å². The molecule has 1 atom stereocenters. The summed E-state index contributed by atoms with van der Waals surface area (Å²) in [5.74, 6) is 0. The van der Waals surface area contributed by atoms with Gasteiger partial charge in [-0.15, -0.1) is 11.3 Å². The molecule has 3 rings (SSSR count). The van der Waals surface area contributed by atoms with E-state index < -0.39 is 6.10 Å². The van der Waals surface area contributed by atoms with Gasteiger partial charge in [0.2, 0.25) is 0 Å². The highest BCUT2D eigenvalue weighted by Crippen LogP contribution is 2.33. The smallest absolute Gasteiger partial charge is 0.124 e. The molecule has 3 nitrogen and oxygen atoms in total. The maximum absolute atomic E-state index is 10.00. The van der Waals surface area contributed by atoms with Gasteiger partial charge < -0.3 is 10.8 Å². The van der Waals surface area contributed by atoms with Crippen LogP contribution in [0.4, 0.5) is 0 Å². The molecule has 0 fully saturated rings. The molecule has 1 aromatic heterocycles. The van der Waals surface area contributed by atoms with Crippen molar-refractivity contribution in [3.63, 3.8) is 0 Å². The number of aromatic nitrogens is 1. The lowest BCUT2D eigenvalue weighted by Crippen LogP contribution is -2.12. The maximum atomic E-state index is 10.00. The number of aliphatic hydroxyl groups is 1. The fraction of sp³-hybridized carbons (Fsp3) is 0.133. The summed E-state index contributed by atoms with van der Waals surface area (Å²) < 4.78 is 1.15. The fourth-order valence-corrected chi connectivity index (χ4v) is 3.11. The van der Waals surface area contributed by atoms with Crippen molar-refractivity contribution < 1.29 is 5.11 Å². The zero-order valence-corrected chi connectivity index (χ0v) is 11.1. The Labute approximate surface area is 115 Å². The van der Waals surface area contributed by atoms with E-state index in [0.29, 0.717) is 0 Å². The van der Waals surface area contributed by atoms with E-state index in [1.807, 2.05) is 42.5 Å². The molecule has 0 saturated heterocycles. The minimum atomic E-state index is -0.650. The Balaban J connectivity index is 2.15. The highest BCUT2D eigenvalue weighted by atomic mass is 32.1. The largest absolute Gasteiger partial charge is 0.387 e. The molecule has 2 aromatic carbocycles. The van der Waals surface area contributed by atoms with Crippen molar-refractivity contribution in [2.45, 2.75) is 6.10 Å². The average molecular weight is 270 g/mol. The van der Waals surface area contributed by atoms with Crippen molar-refractivity contribution >= 4 is 21.6 Å². The third-order valence-electron chi connectivity index (χ3n) is 3.07. The summed E-state index contributed by atoms with van der Waals surface area (Å²) in [6, 6.07) is 15.8. The van der Waals surface area contributed by atoms with Crippen LogP contribution in [0.25, 0.3) is 20.8 Å². The third-order valence-corrected chi connectivity index (χ3v) is 4.14. The van der Waals surface area contributed by atoms with Crippen LogP contribution >= 0.6 is 11.3 Å². The van der Waals surface area contributed by atoms with E-state index in [4.69, 9.17) is 5.73 Å². The van der Waals surface area contributed by atoms with Gasteiger partial charge in [-0.2, -0.15) is 0 Å². The Morgan fingerprint density at radius 2 is 1.84 bits per heavy atom. The molecule has 0 amide bonds. The summed E-state index contributed by atoms with van der Waals surface area (Å²) in [5, 5.41) is 10.9. The van der Waals surface area contributed by atoms with Gasteiger partial charge in [-0.1, -0.05) is 36.4 Å². The number of para-hydroxylation sites is 1. The van der Waals surface area contributed by atoms with Crippen LogP contribution in [0.5, 0.6) is 0 Å². The zero-order chi connectivity index (χ0) is 13.2. The number of benzene rings is 2. The quantitative estimate of drug-likeness (QED) is 0.769. The van der Waals surface area contributed by atoms with Crippen LogP contribution in [0.3, 0.4) is 0 Å². The van der Waals surface area contributed by atoms with Crippen LogP contribution in [-0.2, 0) is 0 Å². The number of nitrogens with two attached hydrogens (primary N) is 1. The van der Waals surface area contributed by atoms with Crippen molar-refractivity contribution in [3.05, 3.63) is 54.1 Å². The topological polar surface area (TPSA) is 59.1 Å². The predicted octanol–water partition coefficient (Wildman–Crippen LogP) is 2.96. The zero-order valence-electron chi connectivity index (χ0n) is 10.3. The summed E-state index contributed by atoms with van der Waals surface area (Å²) in [7, 11) is 0. The van der Waals surface area contributed by atoms with Crippen LogP contribution in [-0.4, -0.2) is 16.6 Å². The number of fused-ring (bicyclic) bond motifs is 1. The minimum absolute atomic E-state index is 0.210. The van der Waals surface area contributed by atoms with Crippen molar-refractivity contribution in [2.75, 3.05) is 6.54 Å². The van der Waals surface area contributed by atoms with Gasteiger partial charge in [0.25, 0.3) is 0 Å². The molecule has 4 heteroatoms. The van der Waals surface area contributed by atoms with Crippen LogP contribution in [0.2, 0.25) is 0 Å². The molecular weight excluding hydrogens is 256 g/mol. The first-order valence-electron chi connectivity index (χ1n) is 6.12. The van der Waals surface area contributed by atoms with E-state index in [9.17, 15) is 5.11 Å². The Morgan fingerprint density at radius 1 is 1.11 bits per heavy atom. The highest BCUT2D eigenvalue weighted by molar-refractivity contribution is 7.21. The Morgan fingerprint density at radius 3 is 2.63 bits per heavy atom. The number of aliphatic hydroxyl groups excluding tert-OH is 1. The number of hydrogen-bond donors (Lipinski definition) is 2. The molecule has 19 heavy (non-hydrogen) atoms. The molecule has 0 aliphatic carbocycles. The molecule has 96 valence electrons. The van der Waals surface area contributed by atoms with Crippen LogP contribution < -0.4 is 5.73 Å². The summed E-state index contributed by atoms with van der Waals surface area (Å²) in [4.78, 5) is 4.63. The molecule has 0 aliphatic rings. The van der Waals surface area contributed by atoms with E-state index in [-0.39, 0.29) is 6.54 Å². The van der Waals surface area contributed by atoms with E-state index in [1.54, 1.807) is 11.3 Å². The van der Waals surface area contributed by atoms with E-state index >= 15 is 0 Å². The highest BCUT2D eigenvalue weighted by Gasteiger charge is 2.14. The molecule has 0 saturated carbocycles. The van der Waals surface area contributed by atoms with Gasteiger partial charge in [-0.25, -0.2) is 4.98 Å². The molecule has 0 radical (unpaired) electrons. The maximum Gasteiger partial charge on any atom is 0.124 e. The molecule has 0 aliphatic heterocycles. The van der Waals surface area contributed by atoms with Crippen molar-refractivity contribution in [3.8, 4) is 10.6 Å². The van der Waals surface area contributed by atoms with Crippen molar-refractivity contribution in [1.82, 2.24) is 4.98 Å². The first-order valence-corrected chi connectivity index (χ1v) is 6.94. The minimum Gasteiger partial charge on any atom is -0.387 e. The molecule has 1 unspecified atom stereocenters. The molecule has 3 N–H and O–H groups in total. The molecule has 1 heterocycles. The monoisotopic (exact) mass is 270 g/mol. The lowest BCUT2D eigenvalue weighted by atomic mass is 10.0. The van der Waals surface area contributed by atoms with Crippen LogP contribution in [0.1, 0.15) is 11.7 Å². The molecule has 0 spiro atoms. The number of nitrogens with zero attached hydrogens (tertiary/aromatic N) is 1. The second-order valence-electron chi connectivity index (χ2n) is 4.33. The Bertz CT molecular complexity index is 675. The van der Waals surface area contributed by atoms with Crippen LogP contribution in [0, 0.1) is 0 Å². The number of hydrogen-bond acceptors (Lipinski definition) is 4. The van der Waals surface area contributed by atoms with Crippen LogP contribution in [0.15, 0.2) is 48.5 Å². The van der Waals surface area contributed by atoms with Gasteiger partial charge in [0.15, 0.2) is 0 Å². The lowest BCUT2D eigenvalue weighted by molar-refractivity contribution is 0.187. The average Bonchev–Trinajstić information content (AvgIpc) is 2.90. The van der Waals surface area contributed by atoms with Crippen molar-refractivity contribution in [1.29, 1.82) is 0 Å². The number of thiazole rings is 1. The van der Waals surface area contributed by atoms with Gasteiger partial charge in [0, 0.05) is 12.1 Å². The normalized spacial score (nSPS) is 12.7. The molecule has 3 aromatic rings. The molecule has 0 bridgehead atoms. The summed E-state index contributed by atoms with van der Waals surface area (Å²) >= 11 is 1.63. The molecular formula is C15H14N2OS.